The van der Waals surface area contributed by atoms with Gasteiger partial charge in [0.25, 0.3) is 5.91 Å². The molecule has 2 amide bonds. The summed E-state index contributed by atoms with van der Waals surface area (Å²) in [5.74, 6) is 1.39. The molecule has 0 bridgehead atoms. The van der Waals surface area contributed by atoms with Gasteiger partial charge in [0.1, 0.15) is 17.1 Å². The Labute approximate surface area is 170 Å². The molecule has 2 aromatic rings. The number of carbonyl (C=O) groups excluding carboxylic acids is 2. The minimum Gasteiger partial charge on any atom is -0.497 e. The van der Waals surface area contributed by atoms with Crippen LogP contribution in [0.4, 0.5) is 5.69 Å². The van der Waals surface area contributed by atoms with E-state index in [4.69, 9.17) is 9.47 Å². The number of carbonyl (C=O) groups is 2. The van der Waals surface area contributed by atoms with Crippen molar-refractivity contribution < 1.29 is 19.1 Å². The van der Waals surface area contributed by atoms with Crippen molar-refractivity contribution in [2.45, 2.75) is 44.8 Å². The van der Waals surface area contributed by atoms with Gasteiger partial charge >= 0.3 is 0 Å². The van der Waals surface area contributed by atoms with Gasteiger partial charge in [-0.05, 0) is 50.6 Å². The molecule has 1 fully saturated rings. The Bertz CT molecular complexity index is 954. The molecule has 1 atom stereocenters. The normalized spacial score (nSPS) is 20.0. The van der Waals surface area contributed by atoms with Gasteiger partial charge in [-0.15, -0.1) is 0 Å². The molecule has 1 N–H and O–H groups in total. The van der Waals surface area contributed by atoms with Crippen LogP contribution in [0.15, 0.2) is 42.5 Å². The molecule has 1 saturated heterocycles. The third-order valence-corrected chi connectivity index (χ3v) is 5.48. The van der Waals surface area contributed by atoms with Crippen LogP contribution in [0.2, 0.25) is 0 Å². The molecule has 0 radical (unpaired) electrons. The predicted molar refractivity (Wildman–Crippen MR) is 111 cm³/mol. The molecular weight excluding hydrogens is 368 g/mol. The second kappa shape index (κ2) is 7.43. The van der Waals surface area contributed by atoms with Crippen LogP contribution in [0.5, 0.6) is 11.5 Å². The maximum atomic E-state index is 13.0. The highest BCUT2D eigenvalue weighted by atomic mass is 16.5. The van der Waals surface area contributed by atoms with Crippen LogP contribution in [0.3, 0.4) is 0 Å². The Balaban J connectivity index is 1.58. The van der Waals surface area contributed by atoms with E-state index in [2.05, 4.69) is 5.32 Å². The third kappa shape index (κ3) is 3.92. The number of ether oxygens (including phenoxy) is 2. The minimum absolute atomic E-state index is 0.108. The SMILES string of the molecule is COc1ccc2c(c1)OC(C)(C)C[C@@H]2NC(=O)c1cccc(N2CCCC2=O)c1. The standard InChI is InChI=1S/C23H26N2O4/c1-23(2)14-19(18-10-9-17(28-3)13-20(18)29-23)24-22(27)15-6-4-7-16(12-15)25-11-5-8-21(25)26/h4,6-7,9-10,12-13,19H,5,8,11,14H2,1-3H3,(H,24,27)/t19-/m0/s1. The highest BCUT2D eigenvalue weighted by Crippen LogP contribution is 2.41. The molecule has 4 rings (SSSR count). The second-order valence-electron chi connectivity index (χ2n) is 8.19. The van der Waals surface area contributed by atoms with Gasteiger partial charge in [-0.1, -0.05) is 6.07 Å². The van der Waals surface area contributed by atoms with Crippen molar-refractivity contribution in [2.24, 2.45) is 0 Å². The highest BCUT2D eigenvalue weighted by Gasteiger charge is 2.35. The van der Waals surface area contributed by atoms with Crippen LogP contribution >= 0.6 is 0 Å². The maximum absolute atomic E-state index is 13.0. The van der Waals surface area contributed by atoms with Gasteiger partial charge in [-0.25, -0.2) is 0 Å². The molecule has 152 valence electrons. The Morgan fingerprint density at radius 1 is 1.24 bits per heavy atom. The number of anilines is 1. The van der Waals surface area contributed by atoms with E-state index in [-0.39, 0.29) is 17.9 Å². The quantitative estimate of drug-likeness (QED) is 0.855. The molecule has 0 aromatic heterocycles. The lowest BCUT2D eigenvalue weighted by atomic mass is 9.89. The maximum Gasteiger partial charge on any atom is 0.251 e. The Kier molecular flexibility index (Phi) is 4.94. The Morgan fingerprint density at radius 3 is 2.79 bits per heavy atom. The zero-order chi connectivity index (χ0) is 20.6. The number of benzene rings is 2. The summed E-state index contributed by atoms with van der Waals surface area (Å²) in [6, 6.07) is 12.8. The van der Waals surface area contributed by atoms with Gasteiger partial charge in [0, 0.05) is 42.3 Å². The summed E-state index contributed by atoms with van der Waals surface area (Å²) in [6.07, 6.45) is 2.07. The number of hydrogen-bond donors (Lipinski definition) is 1. The summed E-state index contributed by atoms with van der Waals surface area (Å²) in [7, 11) is 1.62. The number of amides is 2. The summed E-state index contributed by atoms with van der Waals surface area (Å²) in [4.78, 5) is 26.8. The smallest absolute Gasteiger partial charge is 0.251 e. The van der Waals surface area contributed by atoms with Crippen LogP contribution in [0, 0.1) is 0 Å². The van der Waals surface area contributed by atoms with E-state index in [0.717, 1.165) is 29.2 Å². The second-order valence-corrected chi connectivity index (χ2v) is 8.19. The molecule has 0 saturated carbocycles. The fourth-order valence-electron chi connectivity index (χ4n) is 4.07. The van der Waals surface area contributed by atoms with E-state index in [0.29, 0.717) is 24.9 Å². The largest absolute Gasteiger partial charge is 0.497 e. The molecule has 2 aliphatic rings. The summed E-state index contributed by atoms with van der Waals surface area (Å²) >= 11 is 0. The molecule has 6 nitrogen and oxygen atoms in total. The monoisotopic (exact) mass is 394 g/mol. The first-order valence-corrected chi connectivity index (χ1v) is 9.94. The molecule has 0 spiro atoms. The van der Waals surface area contributed by atoms with Gasteiger partial charge in [-0.3, -0.25) is 9.59 Å². The van der Waals surface area contributed by atoms with Gasteiger partial charge in [0.2, 0.25) is 5.91 Å². The molecule has 29 heavy (non-hydrogen) atoms. The average molecular weight is 394 g/mol. The van der Waals surface area contributed by atoms with Crippen LogP contribution in [0.25, 0.3) is 0 Å². The Hall–Kier alpha value is -3.02. The minimum atomic E-state index is -0.416. The van der Waals surface area contributed by atoms with E-state index in [9.17, 15) is 9.59 Å². The lowest BCUT2D eigenvalue weighted by Crippen LogP contribution is -2.41. The van der Waals surface area contributed by atoms with E-state index in [1.165, 1.54) is 0 Å². The van der Waals surface area contributed by atoms with Crippen molar-refractivity contribution in [2.75, 3.05) is 18.6 Å². The number of hydrogen-bond acceptors (Lipinski definition) is 4. The van der Waals surface area contributed by atoms with Gasteiger partial charge in [0.05, 0.1) is 13.2 Å². The number of methoxy groups -OCH3 is 1. The number of nitrogens with one attached hydrogen (secondary N) is 1. The van der Waals surface area contributed by atoms with E-state index >= 15 is 0 Å². The van der Waals surface area contributed by atoms with Crippen molar-refractivity contribution in [3.63, 3.8) is 0 Å². The average Bonchev–Trinajstić information content (AvgIpc) is 3.12. The zero-order valence-corrected chi connectivity index (χ0v) is 17.0. The molecule has 2 heterocycles. The first kappa shape index (κ1) is 19.3. The van der Waals surface area contributed by atoms with E-state index in [1.54, 1.807) is 24.1 Å². The summed E-state index contributed by atoms with van der Waals surface area (Å²) < 4.78 is 11.4. The number of fused-ring (bicyclic) bond motifs is 1. The lowest BCUT2D eigenvalue weighted by Gasteiger charge is -2.38. The van der Waals surface area contributed by atoms with E-state index in [1.807, 2.05) is 44.2 Å². The van der Waals surface area contributed by atoms with Crippen molar-refractivity contribution in [1.82, 2.24) is 5.32 Å². The Morgan fingerprint density at radius 2 is 2.07 bits per heavy atom. The number of nitrogens with zero attached hydrogens (tertiary/aromatic N) is 1. The number of rotatable bonds is 4. The lowest BCUT2D eigenvalue weighted by molar-refractivity contribution is -0.117. The first-order valence-electron chi connectivity index (χ1n) is 9.94. The van der Waals surface area contributed by atoms with Crippen LogP contribution in [-0.2, 0) is 4.79 Å². The fourth-order valence-corrected chi connectivity index (χ4v) is 4.07. The summed E-state index contributed by atoms with van der Waals surface area (Å²) in [6.45, 7) is 4.72. The van der Waals surface area contributed by atoms with Gasteiger partial charge in [0.15, 0.2) is 0 Å². The molecule has 2 aliphatic heterocycles. The van der Waals surface area contributed by atoms with Crippen molar-refractivity contribution >= 4 is 17.5 Å². The van der Waals surface area contributed by atoms with E-state index < -0.39 is 5.60 Å². The molecular formula is C23H26N2O4. The zero-order valence-electron chi connectivity index (χ0n) is 17.0. The molecule has 6 heteroatoms. The van der Waals surface area contributed by atoms with Crippen LogP contribution in [0.1, 0.15) is 55.1 Å². The summed E-state index contributed by atoms with van der Waals surface area (Å²) in [5, 5.41) is 3.15. The highest BCUT2D eigenvalue weighted by molar-refractivity contribution is 5.99. The van der Waals surface area contributed by atoms with Crippen LogP contribution < -0.4 is 19.7 Å². The molecule has 0 unspecified atom stereocenters. The third-order valence-electron chi connectivity index (χ3n) is 5.48. The van der Waals surface area contributed by atoms with Gasteiger partial charge < -0.3 is 19.7 Å². The van der Waals surface area contributed by atoms with Gasteiger partial charge in [-0.2, -0.15) is 0 Å². The van der Waals surface area contributed by atoms with Crippen molar-refractivity contribution in [3.05, 3.63) is 53.6 Å². The molecule has 0 aliphatic carbocycles. The first-order chi connectivity index (χ1) is 13.9. The topological polar surface area (TPSA) is 67.9 Å². The summed E-state index contributed by atoms with van der Waals surface area (Å²) in [5.41, 5.74) is 1.84. The van der Waals surface area contributed by atoms with Crippen molar-refractivity contribution in [3.8, 4) is 11.5 Å². The molecule has 2 aromatic carbocycles. The fraction of sp³-hybridized carbons (Fsp3) is 0.391. The van der Waals surface area contributed by atoms with Crippen LogP contribution in [-0.4, -0.2) is 31.1 Å². The van der Waals surface area contributed by atoms with Crippen molar-refractivity contribution in [1.29, 1.82) is 0 Å². The predicted octanol–water partition coefficient (Wildman–Crippen LogP) is 3.85.